The predicted octanol–water partition coefficient (Wildman–Crippen LogP) is 2.82. The summed E-state index contributed by atoms with van der Waals surface area (Å²) in [5.41, 5.74) is 2.02. The summed E-state index contributed by atoms with van der Waals surface area (Å²) in [6, 6.07) is 5.74. The Labute approximate surface area is 105 Å². The van der Waals surface area contributed by atoms with Crippen molar-refractivity contribution in [1.29, 1.82) is 0 Å². The van der Waals surface area contributed by atoms with Crippen molar-refractivity contribution in [2.45, 2.75) is 18.9 Å². The fourth-order valence-electron chi connectivity index (χ4n) is 1.72. The molecule has 1 N–H and O–H groups in total. The lowest BCUT2D eigenvalue weighted by atomic mass is 10.0. The van der Waals surface area contributed by atoms with E-state index in [1.807, 2.05) is 17.5 Å². The first kappa shape index (κ1) is 12.1. The van der Waals surface area contributed by atoms with Gasteiger partial charge in [0.15, 0.2) is 0 Å². The van der Waals surface area contributed by atoms with Crippen molar-refractivity contribution >= 4 is 11.3 Å². The number of aromatic nitrogens is 1. The average molecular weight is 249 g/mol. The van der Waals surface area contributed by atoms with E-state index in [0.717, 1.165) is 12.0 Å². The molecule has 0 aliphatic heterocycles. The van der Waals surface area contributed by atoms with Crippen molar-refractivity contribution in [1.82, 2.24) is 4.98 Å². The summed E-state index contributed by atoms with van der Waals surface area (Å²) < 4.78 is 5.13. The van der Waals surface area contributed by atoms with E-state index in [9.17, 15) is 5.11 Å². The topological polar surface area (TPSA) is 42.4 Å². The Bertz CT molecular complexity index is 456. The van der Waals surface area contributed by atoms with Crippen molar-refractivity contribution in [2.24, 2.45) is 0 Å². The summed E-state index contributed by atoms with van der Waals surface area (Å²) in [6.45, 7) is 0. The van der Waals surface area contributed by atoms with Gasteiger partial charge in [-0.2, -0.15) is 11.3 Å². The molecule has 2 aromatic heterocycles. The van der Waals surface area contributed by atoms with E-state index < -0.39 is 6.10 Å². The Morgan fingerprint density at radius 1 is 1.47 bits per heavy atom. The van der Waals surface area contributed by atoms with Gasteiger partial charge in [-0.25, -0.2) is 4.98 Å². The number of aryl methyl sites for hydroxylation is 1. The highest BCUT2D eigenvalue weighted by Crippen LogP contribution is 2.26. The Morgan fingerprint density at radius 3 is 3.06 bits per heavy atom. The van der Waals surface area contributed by atoms with Gasteiger partial charge in [0.25, 0.3) is 0 Å². The molecule has 0 saturated carbocycles. The maximum absolute atomic E-state index is 10.1. The average Bonchev–Trinajstić information content (AvgIpc) is 2.89. The molecule has 2 aromatic rings. The number of pyridine rings is 1. The summed E-state index contributed by atoms with van der Waals surface area (Å²) in [5.74, 6) is 0.505. The molecule has 4 heteroatoms. The zero-order chi connectivity index (χ0) is 12.1. The van der Waals surface area contributed by atoms with Crippen LogP contribution >= 0.6 is 11.3 Å². The van der Waals surface area contributed by atoms with E-state index in [-0.39, 0.29) is 0 Å². The Morgan fingerprint density at radius 2 is 2.35 bits per heavy atom. The number of hydrogen-bond acceptors (Lipinski definition) is 4. The van der Waals surface area contributed by atoms with E-state index >= 15 is 0 Å². The van der Waals surface area contributed by atoms with Crippen molar-refractivity contribution < 1.29 is 9.84 Å². The van der Waals surface area contributed by atoms with Crippen LogP contribution in [0.5, 0.6) is 5.88 Å². The number of thiophene rings is 1. The zero-order valence-corrected chi connectivity index (χ0v) is 10.5. The lowest BCUT2D eigenvalue weighted by Gasteiger charge is -2.13. The predicted molar refractivity (Wildman–Crippen MR) is 68.4 cm³/mol. The minimum absolute atomic E-state index is 0.505. The van der Waals surface area contributed by atoms with Crippen LogP contribution in [0.1, 0.15) is 23.7 Å². The molecule has 17 heavy (non-hydrogen) atoms. The quantitative estimate of drug-likeness (QED) is 0.886. The maximum atomic E-state index is 10.1. The molecule has 0 bridgehead atoms. The zero-order valence-electron chi connectivity index (χ0n) is 9.67. The van der Waals surface area contributed by atoms with Gasteiger partial charge in [-0.3, -0.25) is 0 Å². The van der Waals surface area contributed by atoms with Crippen molar-refractivity contribution in [3.05, 3.63) is 46.3 Å². The molecular formula is C13H15NO2S. The Hall–Kier alpha value is -1.39. The number of aliphatic hydroxyl groups excluding tert-OH is 1. The number of methoxy groups -OCH3 is 1. The number of nitrogens with zero attached hydrogens (tertiary/aromatic N) is 1. The van der Waals surface area contributed by atoms with Gasteiger partial charge in [-0.15, -0.1) is 0 Å². The summed E-state index contributed by atoms with van der Waals surface area (Å²) in [5, 5.41) is 14.3. The maximum Gasteiger partial charge on any atom is 0.218 e. The minimum atomic E-state index is -0.529. The van der Waals surface area contributed by atoms with Crippen LogP contribution in [0.25, 0.3) is 0 Å². The number of hydrogen-bond donors (Lipinski definition) is 1. The van der Waals surface area contributed by atoms with Crippen LogP contribution in [0.4, 0.5) is 0 Å². The van der Waals surface area contributed by atoms with Crippen LogP contribution in [0.3, 0.4) is 0 Å². The van der Waals surface area contributed by atoms with E-state index in [4.69, 9.17) is 4.74 Å². The SMILES string of the molecule is COc1ncccc1C(O)CCc1ccsc1. The van der Waals surface area contributed by atoms with Crippen LogP contribution in [0, 0.1) is 0 Å². The second-order valence-electron chi connectivity index (χ2n) is 3.79. The van der Waals surface area contributed by atoms with Crippen LogP contribution in [0.15, 0.2) is 35.2 Å². The van der Waals surface area contributed by atoms with Crippen LogP contribution in [0.2, 0.25) is 0 Å². The van der Waals surface area contributed by atoms with Gasteiger partial charge in [0.2, 0.25) is 5.88 Å². The molecule has 2 rings (SSSR count). The molecule has 2 heterocycles. The highest BCUT2D eigenvalue weighted by atomic mass is 32.1. The lowest BCUT2D eigenvalue weighted by Crippen LogP contribution is -2.03. The van der Waals surface area contributed by atoms with Gasteiger partial charge in [0, 0.05) is 11.8 Å². The summed E-state index contributed by atoms with van der Waals surface area (Å²) in [4.78, 5) is 4.08. The summed E-state index contributed by atoms with van der Waals surface area (Å²) in [6.07, 6.45) is 2.67. The van der Waals surface area contributed by atoms with Crippen LogP contribution in [-0.4, -0.2) is 17.2 Å². The third kappa shape index (κ3) is 3.05. The van der Waals surface area contributed by atoms with Gasteiger partial charge in [-0.1, -0.05) is 0 Å². The molecule has 3 nitrogen and oxygen atoms in total. The van der Waals surface area contributed by atoms with Gasteiger partial charge in [0.05, 0.1) is 13.2 Å². The molecule has 0 spiro atoms. The summed E-state index contributed by atoms with van der Waals surface area (Å²) >= 11 is 1.68. The van der Waals surface area contributed by atoms with E-state index in [2.05, 4.69) is 16.4 Å². The molecule has 0 saturated heterocycles. The molecule has 0 amide bonds. The van der Waals surface area contributed by atoms with Gasteiger partial charge >= 0.3 is 0 Å². The monoisotopic (exact) mass is 249 g/mol. The molecule has 0 radical (unpaired) electrons. The first-order valence-electron chi connectivity index (χ1n) is 5.49. The first-order valence-corrected chi connectivity index (χ1v) is 6.43. The highest BCUT2D eigenvalue weighted by molar-refractivity contribution is 7.07. The molecule has 0 aromatic carbocycles. The van der Waals surface area contributed by atoms with Gasteiger partial charge < -0.3 is 9.84 Å². The van der Waals surface area contributed by atoms with Crippen molar-refractivity contribution in [3.63, 3.8) is 0 Å². The number of rotatable bonds is 5. The molecular weight excluding hydrogens is 234 g/mol. The van der Waals surface area contributed by atoms with E-state index in [0.29, 0.717) is 12.3 Å². The van der Waals surface area contributed by atoms with E-state index in [1.54, 1.807) is 24.6 Å². The Kier molecular flexibility index (Phi) is 4.12. The fourth-order valence-corrected chi connectivity index (χ4v) is 2.42. The van der Waals surface area contributed by atoms with Gasteiger partial charge in [0.1, 0.15) is 0 Å². The molecule has 0 aliphatic rings. The molecule has 90 valence electrons. The molecule has 1 unspecified atom stereocenters. The van der Waals surface area contributed by atoms with Gasteiger partial charge in [-0.05, 0) is 47.4 Å². The summed E-state index contributed by atoms with van der Waals surface area (Å²) in [7, 11) is 1.57. The fraction of sp³-hybridized carbons (Fsp3) is 0.308. The van der Waals surface area contributed by atoms with Crippen molar-refractivity contribution in [3.8, 4) is 5.88 Å². The third-order valence-electron chi connectivity index (χ3n) is 2.64. The number of ether oxygens (including phenoxy) is 1. The second kappa shape index (κ2) is 5.80. The molecule has 0 aliphatic carbocycles. The largest absolute Gasteiger partial charge is 0.481 e. The normalized spacial score (nSPS) is 12.4. The standard InChI is InChI=1S/C13H15NO2S/c1-16-13-11(3-2-7-14-13)12(15)5-4-10-6-8-17-9-10/h2-3,6-9,12,15H,4-5H2,1H3. The van der Waals surface area contributed by atoms with Crippen LogP contribution < -0.4 is 4.74 Å². The first-order chi connectivity index (χ1) is 8.31. The lowest BCUT2D eigenvalue weighted by molar-refractivity contribution is 0.162. The Balaban J connectivity index is 2.01. The second-order valence-corrected chi connectivity index (χ2v) is 4.57. The van der Waals surface area contributed by atoms with Crippen LogP contribution in [-0.2, 0) is 6.42 Å². The smallest absolute Gasteiger partial charge is 0.218 e. The molecule has 0 fully saturated rings. The van der Waals surface area contributed by atoms with E-state index in [1.165, 1.54) is 5.56 Å². The minimum Gasteiger partial charge on any atom is -0.481 e. The molecule has 1 atom stereocenters. The third-order valence-corrected chi connectivity index (χ3v) is 3.37. The highest BCUT2D eigenvalue weighted by Gasteiger charge is 2.13. The van der Waals surface area contributed by atoms with Crippen molar-refractivity contribution in [2.75, 3.05) is 7.11 Å². The number of aliphatic hydroxyl groups is 1.